The molecule has 0 N–H and O–H groups in total. The van der Waals surface area contributed by atoms with Gasteiger partial charge in [0, 0.05) is 24.7 Å². The number of benzene rings is 2. The number of rotatable bonds is 8. The fraction of sp³-hybridized carbons (Fsp3) is 0.300. The summed E-state index contributed by atoms with van der Waals surface area (Å²) in [5.74, 6) is 0.250. The van der Waals surface area contributed by atoms with Crippen molar-refractivity contribution in [1.82, 2.24) is 9.88 Å². The zero-order chi connectivity index (χ0) is 21.8. The van der Waals surface area contributed by atoms with E-state index in [2.05, 4.69) is 4.98 Å². The molecule has 8 nitrogen and oxygen atoms in total. The number of nitro benzene ring substituents is 1. The first-order valence-corrected chi connectivity index (χ1v) is 10.3. The van der Waals surface area contributed by atoms with Crippen molar-refractivity contribution < 1.29 is 14.5 Å². The van der Waals surface area contributed by atoms with Crippen LogP contribution in [0.15, 0.2) is 36.4 Å². The van der Waals surface area contributed by atoms with Gasteiger partial charge in [-0.2, -0.15) is 0 Å². The SMILES string of the molecule is COc1ccc2sc(N(CCCN(C)C)C(=O)c3cc([N+](=O)[O-])ccc3Cl)nc2c1.Cl. The highest BCUT2D eigenvalue weighted by Gasteiger charge is 2.25. The molecule has 0 unspecified atom stereocenters. The summed E-state index contributed by atoms with van der Waals surface area (Å²) in [6.07, 6.45) is 0.699. The first-order valence-electron chi connectivity index (χ1n) is 9.15. The van der Waals surface area contributed by atoms with E-state index in [-0.39, 0.29) is 28.7 Å². The number of nitro groups is 1. The van der Waals surface area contributed by atoms with Gasteiger partial charge in [0.05, 0.1) is 32.8 Å². The number of carbonyl (C=O) groups excluding carboxylic acids is 1. The second kappa shape index (κ2) is 10.7. The summed E-state index contributed by atoms with van der Waals surface area (Å²) < 4.78 is 6.15. The van der Waals surface area contributed by atoms with Crippen LogP contribution in [0.25, 0.3) is 10.2 Å². The van der Waals surface area contributed by atoms with Crippen LogP contribution < -0.4 is 9.64 Å². The number of carbonyl (C=O) groups is 1. The first kappa shape index (κ1) is 24.8. The number of fused-ring (bicyclic) bond motifs is 1. The Bertz CT molecular complexity index is 1090. The summed E-state index contributed by atoms with van der Waals surface area (Å²) in [4.78, 5) is 32.1. The number of hydrogen-bond acceptors (Lipinski definition) is 7. The standard InChI is InChI=1S/C20H21ClN4O4S.ClH/c1-23(2)9-4-10-24(19(26)15-11-13(25(27)28)5-7-16(15)21)20-22-17-12-14(29-3)6-8-18(17)30-20;/h5-8,11-12H,4,9-10H2,1-3H3;1H. The van der Waals surface area contributed by atoms with Crippen LogP contribution in [-0.4, -0.2) is 55.0 Å². The molecule has 3 aromatic rings. The number of nitrogens with zero attached hydrogens (tertiary/aromatic N) is 4. The maximum Gasteiger partial charge on any atom is 0.270 e. The summed E-state index contributed by atoms with van der Waals surface area (Å²) in [6, 6.07) is 9.38. The van der Waals surface area contributed by atoms with Crippen LogP contribution in [0.2, 0.25) is 5.02 Å². The van der Waals surface area contributed by atoms with Gasteiger partial charge in [-0.15, -0.1) is 12.4 Å². The van der Waals surface area contributed by atoms with E-state index in [9.17, 15) is 14.9 Å². The number of hydrogen-bond donors (Lipinski definition) is 0. The molecular formula is C20H22Cl2N4O4S. The van der Waals surface area contributed by atoms with Crippen molar-refractivity contribution in [2.45, 2.75) is 6.42 Å². The number of non-ortho nitro benzene ring substituents is 1. The molecule has 0 fully saturated rings. The van der Waals surface area contributed by atoms with E-state index in [1.165, 1.54) is 34.4 Å². The minimum absolute atomic E-state index is 0. The Morgan fingerprint density at radius 1 is 1.23 bits per heavy atom. The minimum Gasteiger partial charge on any atom is -0.497 e. The largest absolute Gasteiger partial charge is 0.497 e. The van der Waals surface area contributed by atoms with E-state index >= 15 is 0 Å². The molecule has 0 saturated heterocycles. The van der Waals surface area contributed by atoms with Gasteiger partial charge < -0.3 is 9.64 Å². The molecule has 0 bridgehead atoms. The highest BCUT2D eigenvalue weighted by molar-refractivity contribution is 7.22. The number of halogens is 2. The quantitative estimate of drug-likeness (QED) is 0.334. The van der Waals surface area contributed by atoms with E-state index in [4.69, 9.17) is 16.3 Å². The fourth-order valence-corrected chi connectivity index (χ4v) is 4.07. The second-order valence-corrected chi connectivity index (χ2v) is 8.28. The zero-order valence-electron chi connectivity index (χ0n) is 17.2. The molecule has 1 heterocycles. The lowest BCUT2D eigenvalue weighted by molar-refractivity contribution is -0.384. The van der Waals surface area contributed by atoms with Crippen LogP contribution in [0.5, 0.6) is 5.75 Å². The van der Waals surface area contributed by atoms with Crippen molar-refractivity contribution in [3.63, 3.8) is 0 Å². The van der Waals surface area contributed by atoms with Crippen molar-refractivity contribution in [2.75, 3.05) is 39.2 Å². The topological polar surface area (TPSA) is 88.8 Å². The third kappa shape index (κ3) is 5.82. The highest BCUT2D eigenvalue weighted by Crippen LogP contribution is 2.33. The van der Waals surface area contributed by atoms with Crippen LogP contribution in [0.4, 0.5) is 10.8 Å². The number of methoxy groups -OCH3 is 1. The van der Waals surface area contributed by atoms with Crippen LogP contribution in [0.1, 0.15) is 16.8 Å². The van der Waals surface area contributed by atoms with Crippen LogP contribution in [0.3, 0.4) is 0 Å². The van der Waals surface area contributed by atoms with Gasteiger partial charge in [0.1, 0.15) is 5.75 Å². The molecule has 0 aliphatic carbocycles. The lowest BCUT2D eigenvalue weighted by atomic mass is 10.1. The monoisotopic (exact) mass is 484 g/mol. The lowest BCUT2D eigenvalue weighted by Crippen LogP contribution is -2.33. The summed E-state index contributed by atoms with van der Waals surface area (Å²) in [5.41, 5.74) is 0.600. The maximum absolute atomic E-state index is 13.4. The van der Waals surface area contributed by atoms with Crippen LogP contribution >= 0.6 is 35.3 Å². The molecule has 0 aliphatic heterocycles. The molecule has 1 aromatic heterocycles. The van der Waals surface area contributed by atoms with Gasteiger partial charge in [0.25, 0.3) is 11.6 Å². The van der Waals surface area contributed by atoms with Gasteiger partial charge in [-0.05, 0) is 45.3 Å². The van der Waals surface area contributed by atoms with Gasteiger partial charge in [0.15, 0.2) is 5.13 Å². The Labute approximate surface area is 194 Å². The Morgan fingerprint density at radius 2 is 1.97 bits per heavy atom. The van der Waals surface area contributed by atoms with E-state index < -0.39 is 10.8 Å². The van der Waals surface area contributed by atoms with Crippen LogP contribution in [-0.2, 0) is 0 Å². The first-order chi connectivity index (χ1) is 14.3. The molecule has 0 atom stereocenters. The molecule has 1 amide bonds. The average molecular weight is 485 g/mol. The number of aromatic nitrogens is 1. The third-order valence-corrected chi connectivity index (χ3v) is 5.83. The molecule has 31 heavy (non-hydrogen) atoms. The fourth-order valence-electron chi connectivity index (χ4n) is 2.90. The Kier molecular flexibility index (Phi) is 8.58. The van der Waals surface area contributed by atoms with Crippen molar-refractivity contribution in [1.29, 1.82) is 0 Å². The van der Waals surface area contributed by atoms with Crippen molar-refractivity contribution in [3.8, 4) is 5.75 Å². The average Bonchev–Trinajstić information content (AvgIpc) is 3.13. The normalized spacial score (nSPS) is 10.7. The predicted octanol–water partition coefficient (Wildman–Crippen LogP) is 4.89. The molecular weight excluding hydrogens is 463 g/mol. The number of ether oxygens (including phenoxy) is 1. The number of anilines is 1. The van der Waals surface area contributed by atoms with Crippen molar-refractivity contribution in [2.24, 2.45) is 0 Å². The Hall–Kier alpha value is -2.46. The van der Waals surface area contributed by atoms with Crippen LogP contribution in [0, 0.1) is 10.1 Å². The molecule has 2 aromatic carbocycles. The molecule has 166 valence electrons. The van der Waals surface area contributed by atoms with Crippen molar-refractivity contribution >= 4 is 62.3 Å². The second-order valence-electron chi connectivity index (χ2n) is 6.86. The van der Waals surface area contributed by atoms with Gasteiger partial charge >= 0.3 is 0 Å². The maximum atomic E-state index is 13.4. The third-order valence-electron chi connectivity index (χ3n) is 4.44. The molecule has 3 rings (SSSR count). The molecule has 0 aliphatic rings. The Morgan fingerprint density at radius 3 is 2.61 bits per heavy atom. The highest BCUT2D eigenvalue weighted by atomic mass is 35.5. The van der Waals surface area contributed by atoms with Gasteiger partial charge in [0.2, 0.25) is 0 Å². The van der Waals surface area contributed by atoms with E-state index in [1.807, 2.05) is 31.1 Å². The molecule has 0 radical (unpaired) electrons. The van der Waals surface area contributed by atoms with Gasteiger partial charge in [-0.25, -0.2) is 4.98 Å². The molecule has 11 heteroatoms. The molecule has 0 spiro atoms. The van der Waals surface area contributed by atoms with E-state index in [0.717, 1.165) is 11.2 Å². The lowest BCUT2D eigenvalue weighted by Gasteiger charge is -2.21. The summed E-state index contributed by atoms with van der Waals surface area (Å²) in [6.45, 7) is 1.16. The van der Waals surface area contributed by atoms with Gasteiger partial charge in [-0.3, -0.25) is 19.8 Å². The Balaban J connectivity index is 0.00000341. The smallest absolute Gasteiger partial charge is 0.270 e. The number of amides is 1. The number of thiazole rings is 1. The summed E-state index contributed by atoms with van der Waals surface area (Å²) >= 11 is 7.59. The summed E-state index contributed by atoms with van der Waals surface area (Å²) in [5, 5.41) is 11.8. The van der Waals surface area contributed by atoms with Crippen molar-refractivity contribution in [3.05, 3.63) is 57.1 Å². The van der Waals surface area contributed by atoms with Gasteiger partial charge in [-0.1, -0.05) is 22.9 Å². The zero-order valence-corrected chi connectivity index (χ0v) is 19.6. The van der Waals surface area contributed by atoms with E-state index in [1.54, 1.807) is 13.2 Å². The van der Waals surface area contributed by atoms with E-state index in [0.29, 0.717) is 29.4 Å². The minimum atomic E-state index is -0.548. The summed E-state index contributed by atoms with van der Waals surface area (Å²) in [7, 11) is 5.48. The predicted molar refractivity (Wildman–Crippen MR) is 126 cm³/mol. The molecule has 0 saturated carbocycles.